The van der Waals surface area contributed by atoms with Crippen LogP contribution in [0.3, 0.4) is 0 Å². The summed E-state index contributed by atoms with van der Waals surface area (Å²) in [5.74, 6) is 0.0337. The summed E-state index contributed by atoms with van der Waals surface area (Å²) in [7, 11) is 0. The van der Waals surface area contributed by atoms with Crippen LogP contribution < -0.4 is 5.73 Å². The van der Waals surface area contributed by atoms with Crippen LogP contribution in [0.5, 0.6) is 0 Å². The van der Waals surface area contributed by atoms with Crippen molar-refractivity contribution in [2.24, 2.45) is 5.73 Å². The van der Waals surface area contributed by atoms with Gasteiger partial charge in [-0.15, -0.1) is 0 Å². The first-order valence-corrected chi connectivity index (χ1v) is 6.30. The van der Waals surface area contributed by atoms with Crippen LogP contribution in [0.1, 0.15) is 33.1 Å². The molecule has 100 valence electrons. The van der Waals surface area contributed by atoms with E-state index in [1.807, 2.05) is 13.8 Å². The average Bonchev–Trinajstić information content (AvgIpc) is 2.24. The summed E-state index contributed by atoms with van der Waals surface area (Å²) in [4.78, 5) is 14.0. The van der Waals surface area contributed by atoms with Crippen LogP contribution in [0, 0.1) is 0 Å². The largest absolute Gasteiger partial charge is 0.394 e. The molecule has 1 fully saturated rings. The van der Waals surface area contributed by atoms with Crippen LogP contribution in [0.2, 0.25) is 0 Å². The highest BCUT2D eigenvalue weighted by atomic mass is 16.5. The van der Waals surface area contributed by atoms with Crippen molar-refractivity contribution in [3.63, 3.8) is 0 Å². The molecule has 0 spiro atoms. The first-order valence-electron chi connectivity index (χ1n) is 6.30. The molecule has 0 saturated heterocycles. The van der Waals surface area contributed by atoms with E-state index in [9.17, 15) is 4.79 Å². The molecule has 1 aliphatic rings. The summed E-state index contributed by atoms with van der Waals surface area (Å²) >= 11 is 0. The molecule has 0 bridgehead atoms. The number of amides is 1. The number of aliphatic hydroxyl groups is 1. The summed E-state index contributed by atoms with van der Waals surface area (Å²) in [5.41, 5.74) is 5.41. The molecule has 0 unspecified atom stereocenters. The number of hydrogen-bond donors (Lipinski definition) is 2. The van der Waals surface area contributed by atoms with Gasteiger partial charge in [0.25, 0.3) is 0 Å². The molecule has 0 radical (unpaired) electrons. The van der Waals surface area contributed by atoms with Gasteiger partial charge in [-0.1, -0.05) is 0 Å². The molecular formula is C12H24N2O3. The highest BCUT2D eigenvalue weighted by molar-refractivity contribution is 5.87. The van der Waals surface area contributed by atoms with Crippen LogP contribution in [0.25, 0.3) is 0 Å². The Kier molecular flexibility index (Phi) is 5.36. The molecule has 1 aliphatic carbocycles. The molecule has 0 atom stereocenters. The van der Waals surface area contributed by atoms with Crippen LogP contribution in [0.4, 0.5) is 0 Å². The molecule has 0 heterocycles. The zero-order valence-corrected chi connectivity index (χ0v) is 10.8. The van der Waals surface area contributed by atoms with Crippen molar-refractivity contribution in [3.8, 4) is 0 Å². The van der Waals surface area contributed by atoms with Crippen molar-refractivity contribution in [1.82, 2.24) is 4.90 Å². The van der Waals surface area contributed by atoms with E-state index >= 15 is 0 Å². The van der Waals surface area contributed by atoms with Gasteiger partial charge in [0.1, 0.15) is 0 Å². The minimum absolute atomic E-state index is 0.0104. The van der Waals surface area contributed by atoms with Crippen molar-refractivity contribution in [3.05, 3.63) is 0 Å². The smallest absolute Gasteiger partial charge is 0.242 e. The van der Waals surface area contributed by atoms with Crippen LogP contribution in [0.15, 0.2) is 0 Å². The lowest BCUT2D eigenvalue weighted by Gasteiger charge is -2.41. The lowest BCUT2D eigenvalue weighted by atomic mass is 9.76. The van der Waals surface area contributed by atoms with E-state index in [2.05, 4.69) is 0 Å². The molecule has 0 aliphatic heterocycles. The molecule has 0 aromatic heterocycles. The van der Waals surface area contributed by atoms with E-state index in [-0.39, 0.29) is 18.6 Å². The Morgan fingerprint density at radius 2 is 2.12 bits per heavy atom. The Morgan fingerprint density at radius 3 is 2.53 bits per heavy atom. The highest BCUT2D eigenvalue weighted by Crippen LogP contribution is 2.31. The van der Waals surface area contributed by atoms with Crippen LogP contribution in [-0.2, 0) is 9.53 Å². The fraction of sp³-hybridized carbons (Fsp3) is 0.917. The molecular weight excluding hydrogens is 220 g/mol. The molecule has 0 aromatic carbocycles. The van der Waals surface area contributed by atoms with Crippen LogP contribution in [-0.4, -0.2) is 53.9 Å². The van der Waals surface area contributed by atoms with Gasteiger partial charge in [0.2, 0.25) is 5.91 Å². The predicted molar refractivity (Wildman–Crippen MR) is 65.5 cm³/mol. The molecule has 1 saturated carbocycles. The van der Waals surface area contributed by atoms with Crippen molar-refractivity contribution in [2.75, 3.05) is 26.4 Å². The summed E-state index contributed by atoms with van der Waals surface area (Å²) < 4.78 is 5.19. The standard InChI is InChI=1S/C12H24N2O3/c1-10(2)14(6-8-17-9-7-15)11(16)12(13)4-3-5-12/h10,15H,3-9,13H2,1-2H3. The number of rotatable bonds is 7. The first kappa shape index (κ1) is 14.4. The molecule has 0 aromatic rings. The minimum Gasteiger partial charge on any atom is -0.394 e. The number of carbonyl (C=O) groups excluding carboxylic acids is 1. The zero-order chi connectivity index (χ0) is 12.9. The van der Waals surface area contributed by atoms with E-state index in [0.717, 1.165) is 19.3 Å². The van der Waals surface area contributed by atoms with Crippen LogP contribution >= 0.6 is 0 Å². The average molecular weight is 244 g/mol. The predicted octanol–water partition coefficient (Wildman–Crippen LogP) is 0.114. The Labute approximate surface area is 103 Å². The summed E-state index contributed by atoms with van der Waals surface area (Å²) in [6.45, 7) is 5.26. The van der Waals surface area contributed by atoms with Gasteiger partial charge in [-0.05, 0) is 33.1 Å². The zero-order valence-electron chi connectivity index (χ0n) is 10.8. The molecule has 1 amide bonds. The Balaban J connectivity index is 2.44. The molecule has 5 nitrogen and oxygen atoms in total. The van der Waals surface area contributed by atoms with Gasteiger partial charge in [-0.2, -0.15) is 0 Å². The third-order valence-corrected chi connectivity index (χ3v) is 3.27. The van der Waals surface area contributed by atoms with Gasteiger partial charge in [0, 0.05) is 12.6 Å². The Hall–Kier alpha value is -0.650. The summed E-state index contributed by atoms with van der Waals surface area (Å²) in [5, 5.41) is 8.60. The first-order chi connectivity index (χ1) is 8.01. The van der Waals surface area contributed by atoms with E-state index in [1.54, 1.807) is 4.90 Å². The molecule has 17 heavy (non-hydrogen) atoms. The second kappa shape index (κ2) is 6.33. The minimum atomic E-state index is -0.638. The van der Waals surface area contributed by atoms with Gasteiger partial charge in [-0.25, -0.2) is 0 Å². The SMILES string of the molecule is CC(C)N(CCOCCO)C(=O)C1(N)CCC1. The number of carbonyl (C=O) groups is 1. The van der Waals surface area contributed by atoms with Gasteiger partial charge in [0.15, 0.2) is 0 Å². The Morgan fingerprint density at radius 1 is 1.47 bits per heavy atom. The molecule has 1 rings (SSSR count). The van der Waals surface area contributed by atoms with Crippen molar-refractivity contribution in [1.29, 1.82) is 0 Å². The topological polar surface area (TPSA) is 75.8 Å². The maximum Gasteiger partial charge on any atom is 0.242 e. The van der Waals surface area contributed by atoms with E-state index in [0.29, 0.717) is 19.8 Å². The fourth-order valence-corrected chi connectivity index (χ4v) is 1.98. The number of nitrogens with two attached hydrogens (primary N) is 1. The van der Waals surface area contributed by atoms with Gasteiger partial charge in [0.05, 0.1) is 25.4 Å². The quantitative estimate of drug-likeness (QED) is 0.623. The normalized spacial score (nSPS) is 17.9. The lowest BCUT2D eigenvalue weighted by Crippen LogP contribution is -2.61. The van der Waals surface area contributed by atoms with E-state index in [1.165, 1.54) is 0 Å². The molecule has 3 N–H and O–H groups in total. The second-order valence-electron chi connectivity index (χ2n) is 4.94. The number of nitrogens with zero attached hydrogens (tertiary/aromatic N) is 1. The number of aliphatic hydroxyl groups excluding tert-OH is 1. The van der Waals surface area contributed by atoms with Gasteiger partial charge >= 0.3 is 0 Å². The fourth-order valence-electron chi connectivity index (χ4n) is 1.98. The maximum absolute atomic E-state index is 12.2. The Bertz CT molecular complexity index is 252. The van der Waals surface area contributed by atoms with E-state index < -0.39 is 5.54 Å². The summed E-state index contributed by atoms with van der Waals surface area (Å²) in [6.07, 6.45) is 2.61. The number of ether oxygens (including phenoxy) is 1. The van der Waals surface area contributed by atoms with Crippen molar-refractivity contribution in [2.45, 2.75) is 44.7 Å². The van der Waals surface area contributed by atoms with Gasteiger partial charge in [-0.3, -0.25) is 4.79 Å². The third kappa shape index (κ3) is 3.66. The lowest BCUT2D eigenvalue weighted by molar-refractivity contribution is -0.142. The highest BCUT2D eigenvalue weighted by Gasteiger charge is 2.43. The van der Waals surface area contributed by atoms with Crippen molar-refractivity contribution >= 4 is 5.91 Å². The van der Waals surface area contributed by atoms with Crippen molar-refractivity contribution < 1.29 is 14.6 Å². The number of hydrogen-bond acceptors (Lipinski definition) is 4. The third-order valence-electron chi connectivity index (χ3n) is 3.27. The van der Waals surface area contributed by atoms with Gasteiger partial charge < -0.3 is 20.5 Å². The van der Waals surface area contributed by atoms with E-state index in [4.69, 9.17) is 15.6 Å². The molecule has 5 heteroatoms. The maximum atomic E-state index is 12.2. The summed E-state index contributed by atoms with van der Waals surface area (Å²) in [6, 6.07) is 0.126. The second-order valence-corrected chi connectivity index (χ2v) is 4.94. The monoisotopic (exact) mass is 244 g/mol.